The Labute approximate surface area is 106 Å². The van der Waals surface area contributed by atoms with Crippen LogP contribution in [0.3, 0.4) is 0 Å². The van der Waals surface area contributed by atoms with Crippen molar-refractivity contribution in [3.63, 3.8) is 0 Å². The third-order valence-corrected chi connectivity index (χ3v) is 3.09. The molecule has 2 aromatic rings. The van der Waals surface area contributed by atoms with E-state index in [1.165, 1.54) is 0 Å². The Kier molecular flexibility index (Phi) is 3.82. The number of aryl methyl sites for hydroxylation is 1. The maximum atomic E-state index is 5.90. The number of benzene rings is 1. The van der Waals surface area contributed by atoms with Gasteiger partial charge in [-0.1, -0.05) is 23.7 Å². The lowest BCUT2D eigenvalue weighted by molar-refractivity contribution is 0.590. The minimum atomic E-state index is 0.0993. The van der Waals surface area contributed by atoms with Crippen LogP contribution in [0.25, 0.3) is 0 Å². The fourth-order valence-corrected chi connectivity index (χ4v) is 2.07. The van der Waals surface area contributed by atoms with Crippen LogP contribution in [0.2, 0.25) is 5.02 Å². The van der Waals surface area contributed by atoms with E-state index in [0.717, 1.165) is 23.0 Å². The van der Waals surface area contributed by atoms with Gasteiger partial charge in [0, 0.05) is 24.0 Å². The monoisotopic (exact) mass is 249 g/mol. The van der Waals surface area contributed by atoms with Crippen LogP contribution in [-0.2, 0) is 6.54 Å². The molecule has 2 rings (SSSR count). The second kappa shape index (κ2) is 5.34. The van der Waals surface area contributed by atoms with E-state index in [9.17, 15) is 0 Å². The molecule has 1 atom stereocenters. The van der Waals surface area contributed by atoms with Crippen LogP contribution in [0.4, 0.5) is 0 Å². The second-order valence-electron chi connectivity index (χ2n) is 3.84. The van der Waals surface area contributed by atoms with Crippen LogP contribution in [0, 0.1) is 0 Å². The third-order valence-electron chi connectivity index (χ3n) is 2.84. The molecule has 0 amide bonds. The van der Waals surface area contributed by atoms with Gasteiger partial charge in [0.1, 0.15) is 5.82 Å². The predicted octanol–water partition coefficient (Wildman–Crippen LogP) is 2.87. The molecular weight excluding hydrogens is 234 g/mol. The maximum absolute atomic E-state index is 5.90. The first-order valence-corrected chi connectivity index (χ1v) is 6.07. The number of hydrogen-bond acceptors (Lipinski definition) is 2. The molecule has 0 aliphatic heterocycles. The number of hydrogen-bond donors (Lipinski definition) is 1. The molecule has 1 N–H and O–H groups in total. The quantitative estimate of drug-likeness (QED) is 0.903. The van der Waals surface area contributed by atoms with Crippen LogP contribution < -0.4 is 5.32 Å². The van der Waals surface area contributed by atoms with Crippen LogP contribution in [0.5, 0.6) is 0 Å². The summed E-state index contributed by atoms with van der Waals surface area (Å²) in [5.41, 5.74) is 1.16. The van der Waals surface area contributed by atoms with Crippen molar-refractivity contribution in [3.05, 3.63) is 53.1 Å². The van der Waals surface area contributed by atoms with Gasteiger partial charge in [-0.2, -0.15) is 0 Å². The minimum Gasteiger partial charge on any atom is -0.334 e. The summed E-state index contributed by atoms with van der Waals surface area (Å²) in [6.45, 7) is 3.03. The van der Waals surface area contributed by atoms with Gasteiger partial charge in [-0.3, -0.25) is 0 Å². The van der Waals surface area contributed by atoms with Gasteiger partial charge < -0.3 is 9.88 Å². The fourth-order valence-electron chi connectivity index (χ4n) is 1.95. The summed E-state index contributed by atoms with van der Waals surface area (Å²) >= 11 is 5.90. The first kappa shape index (κ1) is 12.1. The van der Waals surface area contributed by atoms with Crippen LogP contribution in [-0.4, -0.2) is 16.6 Å². The molecule has 0 aliphatic rings. The number of halogens is 1. The lowest BCUT2D eigenvalue weighted by Gasteiger charge is -2.17. The Hall–Kier alpha value is -1.32. The highest BCUT2D eigenvalue weighted by molar-refractivity contribution is 6.30. The molecule has 1 heterocycles. The summed E-state index contributed by atoms with van der Waals surface area (Å²) in [7, 11) is 1.94. The van der Waals surface area contributed by atoms with Gasteiger partial charge in [0.25, 0.3) is 0 Å². The Balaban J connectivity index is 2.36. The van der Waals surface area contributed by atoms with E-state index in [4.69, 9.17) is 11.6 Å². The van der Waals surface area contributed by atoms with Crippen LogP contribution in [0.15, 0.2) is 36.7 Å². The lowest BCUT2D eigenvalue weighted by atomic mass is 10.1. The zero-order valence-electron chi connectivity index (χ0n) is 10.0. The maximum Gasteiger partial charge on any atom is 0.130 e. The van der Waals surface area contributed by atoms with E-state index in [-0.39, 0.29) is 6.04 Å². The first-order chi connectivity index (χ1) is 8.26. The molecule has 0 saturated heterocycles. The van der Waals surface area contributed by atoms with Crippen molar-refractivity contribution in [3.8, 4) is 0 Å². The molecule has 0 radical (unpaired) electrons. The molecule has 0 bridgehead atoms. The van der Waals surface area contributed by atoms with E-state index in [0.29, 0.717) is 0 Å². The van der Waals surface area contributed by atoms with Crippen LogP contribution in [0.1, 0.15) is 24.4 Å². The van der Waals surface area contributed by atoms with Gasteiger partial charge in [-0.25, -0.2) is 4.98 Å². The summed E-state index contributed by atoms with van der Waals surface area (Å²) in [4.78, 5) is 4.42. The standard InChI is InChI=1S/C13H16ClN3/c1-3-17-9-8-16-13(17)12(15-2)10-4-6-11(14)7-5-10/h4-9,12,15H,3H2,1-2H3. The molecule has 90 valence electrons. The summed E-state index contributed by atoms with van der Waals surface area (Å²) in [6.07, 6.45) is 3.83. The molecule has 0 spiro atoms. The Morgan fingerprint density at radius 2 is 2.06 bits per heavy atom. The first-order valence-electron chi connectivity index (χ1n) is 5.70. The molecule has 0 fully saturated rings. The van der Waals surface area contributed by atoms with Crippen molar-refractivity contribution >= 4 is 11.6 Å². The molecule has 17 heavy (non-hydrogen) atoms. The molecule has 1 aromatic carbocycles. The van der Waals surface area contributed by atoms with Crippen molar-refractivity contribution in [1.29, 1.82) is 0 Å². The van der Waals surface area contributed by atoms with E-state index < -0.39 is 0 Å². The lowest BCUT2D eigenvalue weighted by Crippen LogP contribution is -2.21. The zero-order valence-corrected chi connectivity index (χ0v) is 10.8. The molecule has 4 heteroatoms. The summed E-state index contributed by atoms with van der Waals surface area (Å²) in [5, 5.41) is 4.04. The zero-order chi connectivity index (χ0) is 12.3. The van der Waals surface area contributed by atoms with Crippen molar-refractivity contribution in [2.75, 3.05) is 7.05 Å². The number of aromatic nitrogens is 2. The van der Waals surface area contributed by atoms with E-state index in [1.54, 1.807) is 0 Å². The van der Waals surface area contributed by atoms with Gasteiger partial charge in [-0.05, 0) is 31.7 Å². The number of nitrogens with zero attached hydrogens (tertiary/aromatic N) is 2. The van der Waals surface area contributed by atoms with Gasteiger partial charge in [0.15, 0.2) is 0 Å². The van der Waals surface area contributed by atoms with Gasteiger partial charge in [0.05, 0.1) is 6.04 Å². The van der Waals surface area contributed by atoms with Crippen LogP contribution >= 0.6 is 11.6 Å². The largest absolute Gasteiger partial charge is 0.334 e. The van der Waals surface area contributed by atoms with Crippen molar-refractivity contribution in [1.82, 2.24) is 14.9 Å². The predicted molar refractivity (Wildman–Crippen MR) is 70.3 cm³/mol. The molecule has 1 aromatic heterocycles. The molecule has 3 nitrogen and oxygen atoms in total. The smallest absolute Gasteiger partial charge is 0.130 e. The van der Waals surface area contributed by atoms with E-state index >= 15 is 0 Å². The summed E-state index contributed by atoms with van der Waals surface area (Å²) < 4.78 is 2.13. The fraction of sp³-hybridized carbons (Fsp3) is 0.308. The summed E-state index contributed by atoms with van der Waals surface area (Å²) in [6, 6.07) is 7.96. The van der Waals surface area contributed by atoms with Gasteiger partial charge >= 0.3 is 0 Å². The normalized spacial score (nSPS) is 12.6. The third kappa shape index (κ3) is 2.51. The van der Waals surface area contributed by atoms with Crippen molar-refractivity contribution in [2.45, 2.75) is 19.5 Å². The highest BCUT2D eigenvalue weighted by Crippen LogP contribution is 2.22. The molecular formula is C13H16ClN3. The number of nitrogens with one attached hydrogen (secondary N) is 1. The molecule has 1 unspecified atom stereocenters. The highest BCUT2D eigenvalue weighted by atomic mass is 35.5. The minimum absolute atomic E-state index is 0.0993. The topological polar surface area (TPSA) is 29.9 Å². The van der Waals surface area contributed by atoms with Crippen molar-refractivity contribution in [2.24, 2.45) is 0 Å². The van der Waals surface area contributed by atoms with Gasteiger partial charge in [0.2, 0.25) is 0 Å². The number of rotatable bonds is 4. The van der Waals surface area contributed by atoms with E-state index in [1.807, 2.05) is 43.7 Å². The average molecular weight is 250 g/mol. The van der Waals surface area contributed by atoms with Crippen molar-refractivity contribution < 1.29 is 0 Å². The summed E-state index contributed by atoms with van der Waals surface area (Å²) in [5.74, 6) is 1.03. The SMILES string of the molecule is CCn1ccnc1C(NC)c1ccc(Cl)cc1. The molecule has 0 saturated carbocycles. The van der Waals surface area contributed by atoms with Gasteiger partial charge in [-0.15, -0.1) is 0 Å². The van der Waals surface area contributed by atoms with E-state index in [2.05, 4.69) is 21.8 Å². The Morgan fingerprint density at radius 3 is 2.65 bits per heavy atom. The number of imidazole rings is 1. The molecule has 0 aliphatic carbocycles. The Bertz CT molecular complexity index is 476. The Morgan fingerprint density at radius 1 is 1.35 bits per heavy atom. The average Bonchev–Trinajstić information content (AvgIpc) is 2.81. The second-order valence-corrected chi connectivity index (χ2v) is 4.28. The highest BCUT2D eigenvalue weighted by Gasteiger charge is 2.16.